The molecule has 1 heterocycles. The van der Waals surface area contributed by atoms with Crippen LogP contribution in [0.4, 0.5) is 23.1 Å². The van der Waals surface area contributed by atoms with Crippen molar-refractivity contribution in [3.05, 3.63) is 30.5 Å². The predicted molar refractivity (Wildman–Crippen MR) is 88.9 cm³/mol. The van der Waals surface area contributed by atoms with Crippen molar-refractivity contribution < 1.29 is 4.74 Å². The van der Waals surface area contributed by atoms with Gasteiger partial charge in [-0.3, -0.25) is 0 Å². The van der Waals surface area contributed by atoms with Gasteiger partial charge in [0.1, 0.15) is 0 Å². The third-order valence-corrected chi connectivity index (χ3v) is 3.03. The van der Waals surface area contributed by atoms with Crippen LogP contribution in [0.5, 0.6) is 0 Å². The van der Waals surface area contributed by atoms with Gasteiger partial charge in [-0.1, -0.05) is 0 Å². The molecule has 2 aromatic rings. The Hall–Kier alpha value is -2.41. The topological polar surface area (TPSA) is 75.2 Å². The standard InChI is InChI=1S/C15H22N6O/c1-21(2)13-7-5-12(6-8-13)18-15-19-14(11-17-20-15)16-9-4-10-22-3/h5-8,11H,4,9-10H2,1-3H3,(H2,16,18,19,20). The van der Waals surface area contributed by atoms with Gasteiger partial charge in [0.25, 0.3) is 0 Å². The molecule has 0 saturated heterocycles. The quantitative estimate of drug-likeness (QED) is 0.723. The number of methoxy groups -OCH3 is 1. The Kier molecular flexibility index (Phi) is 5.91. The molecule has 0 aliphatic heterocycles. The maximum atomic E-state index is 5.00. The minimum atomic E-state index is 0.467. The normalized spacial score (nSPS) is 10.3. The summed E-state index contributed by atoms with van der Waals surface area (Å²) in [6.45, 7) is 1.50. The number of ether oxygens (including phenoxy) is 1. The highest BCUT2D eigenvalue weighted by Crippen LogP contribution is 2.18. The number of rotatable bonds is 8. The third-order valence-electron chi connectivity index (χ3n) is 3.03. The Morgan fingerprint density at radius 1 is 1.18 bits per heavy atom. The van der Waals surface area contributed by atoms with Gasteiger partial charge < -0.3 is 20.3 Å². The average molecular weight is 302 g/mol. The largest absolute Gasteiger partial charge is 0.385 e. The van der Waals surface area contributed by atoms with E-state index in [1.165, 1.54) is 0 Å². The van der Waals surface area contributed by atoms with E-state index in [1.807, 2.05) is 43.3 Å². The molecule has 1 aromatic heterocycles. The molecular weight excluding hydrogens is 280 g/mol. The summed E-state index contributed by atoms with van der Waals surface area (Å²) in [6, 6.07) is 8.03. The third kappa shape index (κ3) is 4.85. The molecular formula is C15H22N6O. The minimum absolute atomic E-state index is 0.467. The molecule has 0 atom stereocenters. The number of aromatic nitrogens is 3. The van der Waals surface area contributed by atoms with Crippen LogP contribution >= 0.6 is 0 Å². The van der Waals surface area contributed by atoms with Crippen molar-refractivity contribution in [3.63, 3.8) is 0 Å². The van der Waals surface area contributed by atoms with E-state index in [0.29, 0.717) is 11.8 Å². The zero-order valence-corrected chi connectivity index (χ0v) is 13.2. The van der Waals surface area contributed by atoms with Crippen molar-refractivity contribution in [2.24, 2.45) is 0 Å². The van der Waals surface area contributed by atoms with Gasteiger partial charge in [-0.05, 0) is 30.7 Å². The lowest BCUT2D eigenvalue weighted by molar-refractivity contribution is 0.197. The molecule has 0 amide bonds. The molecule has 0 spiro atoms. The zero-order valence-electron chi connectivity index (χ0n) is 13.2. The number of anilines is 4. The second-order valence-corrected chi connectivity index (χ2v) is 5.00. The van der Waals surface area contributed by atoms with Crippen molar-refractivity contribution in [1.29, 1.82) is 0 Å². The number of hydrogen-bond donors (Lipinski definition) is 2. The molecule has 0 aliphatic carbocycles. The molecule has 0 unspecified atom stereocenters. The highest BCUT2D eigenvalue weighted by Gasteiger charge is 2.02. The molecule has 0 radical (unpaired) electrons. The Labute approximate surface area is 130 Å². The number of nitrogens with zero attached hydrogens (tertiary/aromatic N) is 4. The van der Waals surface area contributed by atoms with E-state index in [0.717, 1.165) is 30.9 Å². The van der Waals surface area contributed by atoms with Gasteiger partial charge in [-0.2, -0.15) is 10.1 Å². The first-order valence-electron chi connectivity index (χ1n) is 7.16. The summed E-state index contributed by atoms with van der Waals surface area (Å²) in [4.78, 5) is 6.42. The van der Waals surface area contributed by atoms with Crippen molar-refractivity contribution in [3.8, 4) is 0 Å². The molecule has 0 aliphatic rings. The molecule has 22 heavy (non-hydrogen) atoms. The fourth-order valence-electron chi connectivity index (χ4n) is 1.85. The van der Waals surface area contributed by atoms with Gasteiger partial charge in [0.15, 0.2) is 5.82 Å². The molecule has 1 aromatic carbocycles. The first-order valence-corrected chi connectivity index (χ1v) is 7.16. The first-order chi connectivity index (χ1) is 10.7. The van der Waals surface area contributed by atoms with Crippen molar-refractivity contribution in [1.82, 2.24) is 15.2 Å². The van der Waals surface area contributed by atoms with Crippen LogP contribution in [0.25, 0.3) is 0 Å². The summed E-state index contributed by atoms with van der Waals surface area (Å²) in [5.74, 6) is 1.16. The second-order valence-electron chi connectivity index (χ2n) is 5.00. The Morgan fingerprint density at radius 2 is 1.95 bits per heavy atom. The molecule has 118 valence electrons. The molecule has 7 heteroatoms. The van der Waals surface area contributed by atoms with Gasteiger partial charge in [0.2, 0.25) is 5.95 Å². The summed E-state index contributed by atoms with van der Waals surface area (Å²) >= 11 is 0. The molecule has 2 rings (SSSR count). The van der Waals surface area contributed by atoms with E-state index in [2.05, 4.69) is 25.8 Å². The van der Waals surface area contributed by atoms with E-state index in [1.54, 1.807) is 13.3 Å². The van der Waals surface area contributed by atoms with Gasteiger partial charge >= 0.3 is 0 Å². The smallest absolute Gasteiger partial charge is 0.249 e. The van der Waals surface area contributed by atoms with E-state index >= 15 is 0 Å². The van der Waals surface area contributed by atoms with Crippen LogP contribution in [0.1, 0.15) is 6.42 Å². The van der Waals surface area contributed by atoms with Gasteiger partial charge in [-0.15, -0.1) is 5.10 Å². The van der Waals surface area contributed by atoms with E-state index in [4.69, 9.17) is 4.74 Å². The van der Waals surface area contributed by atoms with Gasteiger partial charge in [0.05, 0.1) is 6.20 Å². The SMILES string of the molecule is COCCCNc1cnnc(Nc2ccc(N(C)C)cc2)n1. The molecule has 0 saturated carbocycles. The predicted octanol–water partition coefficient (Wildman–Crippen LogP) is 2.13. The zero-order chi connectivity index (χ0) is 15.8. The summed E-state index contributed by atoms with van der Waals surface area (Å²) in [7, 11) is 5.71. The average Bonchev–Trinajstić information content (AvgIpc) is 2.52. The summed E-state index contributed by atoms with van der Waals surface area (Å²) in [5.41, 5.74) is 2.06. The minimum Gasteiger partial charge on any atom is -0.385 e. The molecule has 0 bridgehead atoms. The molecule has 2 N–H and O–H groups in total. The van der Waals surface area contributed by atoms with Crippen LogP contribution in [0.3, 0.4) is 0 Å². The van der Waals surface area contributed by atoms with Crippen LogP contribution in [-0.4, -0.2) is 49.5 Å². The second kappa shape index (κ2) is 8.14. The Bertz CT molecular complexity index is 573. The number of nitrogens with one attached hydrogen (secondary N) is 2. The van der Waals surface area contributed by atoms with Gasteiger partial charge in [0, 0.05) is 45.7 Å². The lowest BCUT2D eigenvalue weighted by Gasteiger charge is -2.13. The highest BCUT2D eigenvalue weighted by molar-refractivity contribution is 5.59. The van der Waals surface area contributed by atoms with Crippen LogP contribution in [-0.2, 0) is 4.74 Å². The fourth-order valence-corrected chi connectivity index (χ4v) is 1.85. The summed E-state index contributed by atoms with van der Waals surface area (Å²) in [5, 5.41) is 14.3. The van der Waals surface area contributed by atoms with E-state index in [9.17, 15) is 0 Å². The van der Waals surface area contributed by atoms with Gasteiger partial charge in [-0.25, -0.2) is 0 Å². The highest BCUT2D eigenvalue weighted by atomic mass is 16.5. The Morgan fingerprint density at radius 3 is 2.64 bits per heavy atom. The number of hydrogen-bond acceptors (Lipinski definition) is 7. The maximum absolute atomic E-state index is 5.00. The van der Waals surface area contributed by atoms with E-state index in [-0.39, 0.29) is 0 Å². The summed E-state index contributed by atoms with van der Waals surface area (Å²) < 4.78 is 5.00. The van der Waals surface area contributed by atoms with Crippen LogP contribution in [0.15, 0.2) is 30.5 Å². The van der Waals surface area contributed by atoms with Crippen LogP contribution < -0.4 is 15.5 Å². The summed E-state index contributed by atoms with van der Waals surface area (Å²) in [6.07, 6.45) is 2.52. The van der Waals surface area contributed by atoms with Crippen molar-refractivity contribution in [2.45, 2.75) is 6.42 Å². The Balaban J connectivity index is 1.94. The number of benzene rings is 1. The monoisotopic (exact) mass is 302 g/mol. The fraction of sp³-hybridized carbons (Fsp3) is 0.400. The van der Waals surface area contributed by atoms with Crippen LogP contribution in [0, 0.1) is 0 Å². The van der Waals surface area contributed by atoms with E-state index < -0.39 is 0 Å². The lowest BCUT2D eigenvalue weighted by atomic mass is 10.2. The van der Waals surface area contributed by atoms with Crippen LogP contribution in [0.2, 0.25) is 0 Å². The van der Waals surface area contributed by atoms with Crippen molar-refractivity contribution in [2.75, 3.05) is 49.9 Å². The first kappa shape index (κ1) is 16.0. The lowest BCUT2D eigenvalue weighted by Crippen LogP contribution is -2.09. The molecule has 7 nitrogen and oxygen atoms in total. The maximum Gasteiger partial charge on any atom is 0.249 e. The van der Waals surface area contributed by atoms with Crippen molar-refractivity contribution >= 4 is 23.1 Å². The molecule has 0 fully saturated rings.